The van der Waals surface area contributed by atoms with Gasteiger partial charge in [-0.1, -0.05) is 22.8 Å². The molecule has 10 heteroatoms. The second-order valence-corrected chi connectivity index (χ2v) is 5.26. The van der Waals surface area contributed by atoms with Crippen LogP contribution in [-0.4, -0.2) is 29.7 Å². The lowest BCUT2D eigenvalue weighted by Gasteiger charge is -2.12. The van der Waals surface area contributed by atoms with Gasteiger partial charge in [0.25, 0.3) is 5.91 Å². The third-order valence-electron chi connectivity index (χ3n) is 3.08. The molecule has 2 aromatic rings. The topological polar surface area (TPSA) is 131 Å². The molecule has 0 saturated heterocycles. The van der Waals surface area contributed by atoms with Crippen LogP contribution in [0, 0.1) is 17.0 Å². The SMILES string of the molecule is COc1cc(C=Cc2noc(C)c2[N+](=O)[O-])cc(Cl)c1OCC(N)=O. The minimum absolute atomic E-state index is 0.0756. The van der Waals surface area contributed by atoms with Crippen molar-refractivity contribution in [1.29, 1.82) is 0 Å². The van der Waals surface area contributed by atoms with Crippen LogP contribution in [0.2, 0.25) is 5.02 Å². The molecule has 1 aromatic carbocycles. The van der Waals surface area contributed by atoms with Gasteiger partial charge >= 0.3 is 5.69 Å². The van der Waals surface area contributed by atoms with Crippen LogP contribution in [0.5, 0.6) is 11.5 Å². The number of nitrogens with two attached hydrogens (primary N) is 1. The van der Waals surface area contributed by atoms with Crippen LogP contribution < -0.4 is 15.2 Å². The van der Waals surface area contributed by atoms with E-state index in [1.807, 2.05) is 0 Å². The molecule has 1 amide bonds. The second-order valence-electron chi connectivity index (χ2n) is 4.85. The van der Waals surface area contributed by atoms with E-state index in [2.05, 4.69) is 5.16 Å². The van der Waals surface area contributed by atoms with Crippen LogP contribution in [-0.2, 0) is 4.79 Å². The van der Waals surface area contributed by atoms with Crippen molar-refractivity contribution in [3.8, 4) is 11.5 Å². The van der Waals surface area contributed by atoms with E-state index in [0.29, 0.717) is 5.56 Å². The largest absolute Gasteiger partial charge is 0.493 e. The highest BCUT2D eigenvalue weighted by atomic mass is 35.5. The minimum Gasteiger partial charge on any atom is -0.493 e. The Bertz CT molecular complexity index is 846. The van der Waals surface area contributed by atoms with Crippen LogP contribution in [0.25, 0.3) is 12.2 Å². The van der Waals surface area contributed by atoms with Crippen molar-refractivity contribution in [2.45, 2.75) is 6.92 Å². The fraction of sp³-hybridized carbons (Fsp3) is 0.200. The number of nitro groups is 1. The molecule has 0 aliphatic heterocycles. The van der Waals surface area contributed by atoms with Gasteiger partial charge in [0.05, 0.1) is 17.1 Å². The van der Waals surface area contributed by atoms with Crippen LogP contribution in [0.15, 0.2) is 16.7 Å². The quantitative estimate of drug-likeness (QED) is 0.587. The van der Waals surface area contributed by atoms with E-state index in [4.69, 9.17) is 31.3 Å². The fourth-order valence-corrected chi connectivity index (χ4v) is 2.28. The Kier molecular flexibility index (Phi) is 5.60. The lowest BCUT2D eigenvalue weighted by atomic mass is 10.1. The Morgan fingerprint density at radius 3 is 2.80 bits per heavy atom. The van der Waals surface area contributed by atoms with Crippen molar-refractivity contribution in [3.63, 3.8) is 0 Å². The van der Waals surface area contributed by atoms with Crippen LogP contribution in [0.1, 0.15) is 17.0 Å². The van der Waals surface area contributed by atoms with Crippen molar-refractivity contribution in [3.05, 3.63) is 44.3 Å². The first kappa shape index (κ1) is 18.3. The van der Waals surface area contributed by atoms with Gasteiger partial charge in [0, 0.05) is 6.92 Å². The summed E-state index contributed by atoms with van der Waals surface area (Å²) in [6, 6.07) is 3.12. The van der Waals surface area contributed by atoms with Gasteiger partial charge in [0.15, 0.2) is 23.8 Å². The molecule has 0 atom stereocenters. The van der Waals surface area contributed by atoms with E-state index in [1.54, 1.807) is 12.1 Å². The number of benzene rings is 1. The molecule has 2 N–H and O–H groups in total. The average molecular weight is 368 g/mol. The summed E-state index contributed by atoms with van der Waals surface area (Å²) in [5, 5.41) is 14.8. The molecule has 1 aromatic heterocycles. The van der Waals surface area contributed by atoms with Crippen molar-refractivity contribution in [1.82, 2.24) is 5.16 Å². The molecule has 0 bridgehead atoms. The maximum absolute atomic E-state index is 11.0. The molecule has 2 rings (SSSR count). The summed E-state index contributed by atoms with van der Waals surface area (Å²) in [6.45, 7) is 1.10. The first-order chi connectivity index (χ1) is 11.8. The Hall–Kier alpha value is -3.07. The van der Waals surface area contributed by atoms with Crippen molar-refractivity contribution in [2.24, 2.45) is 5.73 Å². The van der Waals surface area contributed by atoms with E-state index in [-0.39, 0.29) is 40.3 Å². The highest BCUT2D eigenvalue weighted by Crippen LogP contribution is 2.37. The summed E-state index contributed by atoms with van der Waals surface area (Å²) in [5.41, 5.74) is 5.47. The van der Waals surface area contributed by atoms with E-state index in [9.17, 15) is 14.9 Å². The molecular weight excluding hydrogens is 354 g/mol. The van der Waals surface area contributed by atoms with E-state index in [1.165, 1.54) is 26.2 Å². The van der Waals surface area contributed by atoms with Crippen LogP contribution in [0.3, 0.4) is 0 Å². The first-order valence-electron chi connectivity index (χ1n) is 6.90. The van der Waals surface area contributed by atoms with Gasteiger partial charge < -0.3 is 19.7 Å². The van der Waals surface area contributed by atoms with Crippen LogP contribution >= 0.6 is 11.6 Å². The molecule has 0 aliphatic rings. The number of ether oxygens (including phenoxy) is 2. The molecule has 0 unspecified atom stereocenters. The number of halogens is 1. The zero-order valence-corrected chi connectivity index (χ0v) is 14.1. The van der Waals surface area contributed by atoms with Crippen molar-refractivity contribution in [2.75, 3.05) is 13.7 Å². The maximum Gasteiger partial charge on any atom is 0.338 e. The molecule has 0 fully saturated rings. The average Bonchev–Trinajstić information content (AvgIpc) is 2.92. The highest BCUT2D eigenvalue weighted by Gasteiger charge is 2.22. The van der Waals surface area contributed by atoms with Gasteiger partial charge in [0.1, 0.15) is 0 Å². The molecule has 132 valence electrons. The van der Waals surface area contributed by atoms with Gasteiger partial charge in [-0.15, -0.1) is 0 Å². The third kappa shape index (κ3) is 4.27. The monoisotopic (exact) mass is 367 g/mol. The zero-order valence-electron chi connectivity index (χ0n) is 13.3. The molecule has 1 heterocycles. The second kappa shape index (κ2) is 7.67. The van der Waals surface area contributed by atoms with Crippen molar-refractivity contribution >= 4 is 35.3 Å². The molecule has 25 heavy (non-hydrogen) atoms. The maximum atomic E-state index is 11.0. The van der Waals surface area contributed by atoms with Crippen LogP contribution in [0.4, 0.5) is 5.69 Å². The predicted octanol–water partition coefficient (Wildman–Crippen LogP) is 2.59. The smallest absolute Gasteiger partial charge is 0.338 e. The summed E-state index contributed by atoms with van der Waals surface area (Å²) >= 11 is 6.13. The summed E-state index contributed by atoms with van der Waals surface area (Å²) in [5.74, 6) is -0.103. The molecule has 0 saturated carbocycles. The molecule has 9 nitrogen and oxygen atoms in total. The molecule has 0 spiro atoms. The summed E-state index contributed by atoms with van der Waals surface area (Å²) in [4.78, 5) is 21.3. The minimum atomic E-state index is -0.657. The van der Waals surface area contributed by atoms with Gasteiger partial charge in [0.2, 0.25) is 5.76 Å². The Morgan fingerprint density at radius 2 is 2.20 bits per heavy atom. The number of aryl methyl sites for hydroxylation is 1. The predicted molar refractivity (Wildman–Crippen MR) is 89.5 cm³/mol. The summed E-state index contributed by atoms with van der Waals surface area (Å²) in [7, 11) is 1.40. The number of nitrogens with zero attached hydrogens (tertiary/aromatic N) is 2. The van der Waals surface area contributed by atoms with E-state index in [0.717, 1.165) is 0 Å². The number of methoxy groups -OCH3 is 1. The fourth-order valence-electron chi connectivity index (χ4n) is 2.01. The van der Waals surface area contributed by atoms with E-state index < -0.39 is 10.8 Å². The molecule has 0 radical (unpaired) electrons. The van der Waals surface area contributed by atoms with Gasteiger partial charge in [-0.2, -0.15) is 0 Å². The number of amides is 1. The zero-order chi connectivity index (χ0) is 18.6. The number of hydrogen-bond acceptors (Lipinski definition) is 7. The lowest BCUT2D eigenvalue weighted by Crippen LogP contribution is -2.20. The Balaban J connectivity index is 2.33. The van der Waals surface area contributed by atoms with Gasteiger partial charge in [-0.25, -0.2) is 0 Å². The Morgan fingerprint density at radius 1 is 1.48 bits per heavy atom. The lowest BCUT2D eigenvalue weighted by molar-refractivity contribution is -0.386. The van der Waals surface area contributed by atoms with Gasteiger partial charge in [-0.3, -0.25) is 14.9 Å². The number of primary amides is 1. The summed E-state index contributed by atoms with van der Waals surface area (Å²) < 4.78 is 15.2. The highest BCUT2D eigenvalue weighted by molar-refractivity contribution is 6.32. The standard InChI is InChI=1S/C15H14ClN3O6/c1-8-14(19(21)22)11(18-25-8)4-3-9-5-10(16)15(12(6-9)23-2)24-7-13(17)20/h3-6H,7H2,1-2H3,(H2,17,20). The Labute approximate surface area is 147 Å². The first-order valence-corrected chi connectivity index (χ1v) is 7.28. The van der Waals surface area contributed by atoms with Gasteiger partial charge in [-0.05, 0) is 23.8 Å². The molecular formula is C15H14ClN3O6. The number of carbonyl (C=O) groups excluding carboxylic acids is 1. The van der Waals surface area contributed by atoms with Crippen molar-refractivity contribution < 1.29 is 23.7 Å². The third-order valence-corrected chi connectivity index (χ3v) is 3.36. The number of hydrogen-bond donors (Lipinski definition) is 1. The normalized spacial score (nSPS) is 10.8. The number of aromatic nitrogens is 1. The van der Waals surface area contributed by atoms with E-state index >= 15 is 0 Å². The molecule has 0 aliphatic carbocycles. The number of rotatable bonds is 7. The summed E-state index contributed by atoms with van der Waals surface area (Å²) in [6.07, 6.45) is 2.97. The number of carbonyl (C=O) groups is 1.